The Hall–Kier alpha value is -3.02. The first-order valence-corrected chi connectivity index (χ1v) is 9.60. The Bertz CT molecular complexity index is 964. The van der Waals surface area contributed by atoms with Gasteiger partial charge in [-0.25, -0.2) is 0 Å². The van der Waals surface area contributed by atoms with E-state index >= 15 is 0 Å². The van der Waals surface area contributed by atoms with E-state index in [1.807, 2.05) is 13.8 Å². The third-order valence-corrected chi connectivity index (χ3v) is 4.24. The molecule has 0 aliphatic heterocycles. The molecular weight excluding hydrogens is 509 g/mol. The number of aliphatic imine (C=N–C) groups is 2. The standard InChI is InChI=1S/C23H24N4O4.Cd/c1-23(2,17-24-15-7-11-19-9-3-5-13-21(19)26(28)29)18-25-16-8-12-20-10-4-6-14-22(20)27(30)31;/h3-16H,17-18H2,1-2H3;/q;+2/b11-7+,12-8+,24-15?,25-16?;. The van der Waals surface area contributed by atoms with Gasteiger partial charge in [0.15, 0.2) is 0 Å². The van der Waals surface area contributed by atoms with E-state index in [9.17, 15) is 20.2 Å². The molecule has 0 unspecified atom stereocenters. The molecule has 0 aliphatic carbocycles. The molecule has 2 aromatic carbocycles. The Morgan fingerprint density at radius 1 is 0.781 bits per heavy atom. The number of hydrogen-bond donors (Lipinski definition) is 0. The van der Waals surface area contributed by atoms with E-state index in [4.69, 9.17) is 0 Å². The third-order valence-electron chi connectivity index (χ3n) is 4.24. The summed E-state index contributed by atoms with van der Waals surface area (Å²) in [4.78, 5) is 29.9. The predicted octanol–water partition coefficient (Wildman–Crippen LogP) is 5.39. The summed E-state index contributed by atoms with van der Waals surface area (Å²) < 4.78 is 0. The number of rotatable bonds is 10. The van der Waals surface area contributed by atoms with Crippen molar-refractivity contribution in [1.29, 1.82) is 0 Å². The summed E-state index contributed by atoms with van der Waals surface area (Å²) in [6.45, 7) is 5.11. The molecule has 0 amide bonds. The van der Waals surface area contributed by atoms with Gasteiger partial charge in [-0.15, -0.1) is 0 Å². The van der Waals surface area contributed by atoms with Crippen LogP contribution in [0.1, 0.15) is 25.0 Å². The minimum Gasteiger partial charge on any atom is -0.293 e. The molecule has 2 aromatic rings. The van der Waals surface area contributed by atoms with Gasteiger partial charge in [-0.05, 0) is 36.4 Å². The van der Waals surface area contributed by atoms with Crippen LogP contribution in [0.15, 0.2) is 70.7 Å². The predicted molar refractivity (Wildman–Crippen MR) is 125 cm³/mol. The number of nitrogens with zero attached hydrogens (tertiary/aromatic N) is 4. The summed E-state index contributed by atoms with van der Waals surface area (Å²) in [7, 11) is 0. The van der Waals surface area contributed by atoms with Crippen LogP contribution in [-0.4, -0.2) is 35.4 Å². The quantitative estimate of drug-likeness (QED) is 0.177. The Morgan fingerprint density at radius 2 is 1.16 bits per heavy atom. The zero-order chi connectivity index (χ0) is 22.7. The van der Waals surface area contributed by atoms with Crippen LogP contribution in [0.5, 0.6) is 0 Å². The van der Waals surface area contributed by atoms with E-state index in [1.54, 1.807) is 73.1 Å². The maximum atomic E-state index is 11.0. The molecule has 0 saturated carbocycles. The Balaban J connectivity index is 0.00000512. The largest absolute Gasteiger partial charge is 2.00 e. The number of hydrogen-bond acceptors (Lipinski definition) is 6. The third kappa shape index (κ3) is 9.00. The van der Waals surface area contributed by atoms with Crippen LogP contribution >= 0.6 is 0 Å². The van der Waals surface area contributed by atoms with Gasteiger partial charge in [-0.2, -0.15) is 0 Å². The van der Waals surface area contributed by atoms with Crippen molar-refractivity contribution in [1.82, 2.24) is 0 Å². The van der Waals surface area contributed by atoms with Crippen LogP contribution in [0.3, 0.4) is 0 Å². The van der Waals surface area contributed by atoms with Crippen molar-refractivity contribution in [2.45, 2.75) is 13.8 Å². The zero-order valence-corrected chi connectivity index (χ0v) is 22.2. The van der Waals surface area contributed by atoms with Gasteiger partial charge < -0.3 is 0 Å². The van der Waals surface area contributed by atoms with Crippen molar-refractivity contribution in [2.24, 2.45) is 15.4 Å². The van der Waals surface area contributed by atoms with Crippen molar-refractivity contribution in [3.63, 3.8) is 0 Å². The van der Waals surface area contributed by atoms with E-state index in [1.165, 1.54) is 12.1 Å². The van der Waals surface area contributed by atoms with Crippen molar-refractivity contribution in [3.05, 3.63) is 92.0 Å². The Kier molecular flexibility index (Phi) is 11.3. The molecule has 160 valence electrons. The topological polar surface area (TPSA) is 111 Å². The normalized spacial score (nSPS) is 12.1. The minimum absolute atomic E-state index is 0. The molecule has 0 aliphatic rings. The van der Waals surface area contributed by atoms with Crippen LogP contribution in [0.4, 0.5) is 11.4 Å². The molecule has 0 bridgehead atoms. The number of para-hydroxylation sites is 2. The molecule has 0 heterocycles. The van der Waals surface area contributed by atoms with Crippen LogP contribution in [0.2, 0.25) is 0 Å². The molecule has 9 heteroatoms. The van der Waals surface area contributed by atoms with Gasteiger partial charge in [0.1, 0.15) is 0 Å². The van der Waals surface area contributed by atoms with E-state index in [0.717, 1.165) is 0 Å². The van der Waals surface area contributed by atoms with Gasteiger partial charge in [-0.3, -0.25) is 30.2 Å². The second-order valence-corrected chi connectivity index (χ2v) is 7.49. The fourth-order valence-electron chi connectivity index (χ4n) is 2.65. The Morgan fingerprint density at radius 3 is 1.53 bits per heavy atom. The first kappa shape index (κ1) is 27.0. The minimum atomic E-state index is -0.414. The Labute approximate surface area is 207 Å². The second kappa shape index (κ2) is 13.4. The van der Waals surface area contributed by atoms with Crippen LogP contribution < -0.4 is 0 Å². The number of nitro groups is 2. The van der Waals surface area contributed by atoms with Gasteiger partial charge in [0.25, 0.3) is 11.4 Å². The van der Waals surface area contributed by atoms with Crippen LogP contribution in [0.25, 0.3) is 12.2 Å². The summed E-state index contributed by atoms with van der Waals surface area (Å²) in [6, 6.07) is 13.0. The molecule has 8 nitrogen and oxygen atoms in total. The molecule has 0 radical (unpaired) electrons. The molecular formula is C23H24CdN4O4+2. The van der Waals surface area contributed by atoms with E-state index < -0.39 is 9.85 Å². The van der Waals surface area contributed by atoms with Gasteiger partial charge in [0.2, 0.25) is 0 Å². The zero-order valence-electron chi connectivity index (χ0n) is 18.1. The molecule has 0 saturated heterocycles. The maximum Gasteiger partial charge on any atom is 2.00 e. The average molecular weight is 533 g/mol. The van der Waals surface area contributed by atoms with Gasteiger partial charge in [0, 0.05) is 43.1 Å². The smallest absolute Gasteiger partial charge is 0.293 e. The molecule has 0 spiro atoms. The van der Waals surface area contributed by atoms with Crippen molar-refractivity contribution in [3.8, 4) is 0 Å². The fourth-order valence-corrected chi connectivity index (χ4v) is 2.65. The summed E-state index contributed by atoms with van der Waals surface area (Å²) in [5.41, 5.74) is 0.958. The first-order valence-electron chi connectivity index (χ1n) is 9.60. The maximum absolute atomic E-state index is 11.0. The second-order valence-electron chi connectivity index (χ2n) is 7.49. The van der Waals surface area contributed by atoms with Crippen molar-refractivity contribution >= 4 is 36.0 Å². The van der Waals surface area contributed by atoms with Gasteiger partial charge in [-0.1, -0.05) is 38.1 Å². The van der Waals surface area contributed by atoms with E-state index in [0.29, 0.717) is 24.2 Å². The van der Waals surface area contributed by atoms with E-state index in [2.05, 4.69) is 9.98 Å². The summed E-state index contributed by atoms with van der Waals surface area (Å²) in [6.07, 6.45) is 9.91. The molecule has 0 atom stereocenters. The molecule has 32 heavy (non-hydrogen) atoms. The molecule has 2 rings (SSSR count). The first-order chi connectivity index (χ1) is 14.8. The van der Waals surface area contributed by atoms with Gasteiger partial charge in [0.05, 0.1) is 21.0 Å². The SMILES string of the molecule is CC(C)(CN=C/C=C/c1ccccc1[N+](=O)[O-])CN=C/C=C/c1ccccc1[N+](=O)[O-].[Cd+2]. The number of nitro benzene ring substituents is 2. The summed E-state index contributed by atoms with van der Waals surface area (Å²) in [5.74, 6) is 0. The monoisotopic (exact) mass is 534 g/mol. The molecule has 0 N–H and O–H groups in total. The summed E-state index contributed by atoms with van der Waals surface area (Å²) >= 11 is 0. The van der Waals surface area contributed by atoms with Crippen LogP contribution in [0, 0.1) is 25.6 Å². The summed E-state index contributed by atoms with van der Waals surface area (Å²) in [5, 5.41) is 22.0. The average Bonchev–Trinajstić information content (AvgIpc) is 2.73. The van der Waals surface area contributed by atoms with Gasteiger partial charge >= 0.3 is 27.3 Å². The number of allylic oxidation sites excluding steroid dienone is 2. The number of benzene rings is 2. The van der Waals surface area contributed by atoms with Crippen molar-refractivity contribution < 1.29 is 37.1 Å². The molecule has 0 aromatic heterocycles. The fraction of sp³-hybridized carbons (Fsp3) is 0.217. The molecule has 0 fully saturated rings. The van der Waals surface area contributed by atoms with E-state index in [-0.39, 0.29) is 44.1 Å². The van der Waals surface area contributed by atoms with Crippen molar-refractivity contribution in [2.75, 3.05) is 13.1 Å². The van der Waals surface area contributed by atoms with Crippen LogP contribution in [-0.2, 0) is 27.3 Å².